The molecule has 9 nitrogen and oxygen atoms in total. The normalized spacial score (nSPS) is 20.4. The predicted octanol–water partition coefficient (Wildman–Crippen LogP) is 6.06. The van der Waals surface area contributed by atoms with Gasteiger partial charge in [0.15, 0.2) is 0 Å². The summed E-state index contributed by atoms with van der Waals surface area (Å²) in [5, 5.41) is 5.75. The first-order valence-electron chi connectivity index (χ1n) is 14.8. The van der Waals surface area contributed by atoms with Gasteiger partial charge in [-0.2, -0.15) is 0 Å². The van der Waals surface area contributed by atoms with Crippen molar-refractivity contribution in [2.45, 2.75) is 44.7 Å². The van der Waals surface area contributed by atoms with Gasteiger partial charge < -0.3 is 20.5 Å². The Morgan fingerprint density at radius 3 is 2.43 bits per heavy atom. The molecule has 0 unspecified atom stereocenters. The molecule has 3 aromatic heterocycles. The number of nitrogen functional groups attached to an aromatic ring is 1. The Kier molecular flexibility index (Phi) is 7.17. The van der Waals surface area contributed by atoms with Crippen molar-refractivity contribution in [2.24, 2.45) is 0 Å². The monoisotopic (exact) mass is 581 g/mol. The highest BCUT2D eigenvalue weighted by molar-refractivity contribution is 6.35. The molecule has 1 saturated heterocycles. The summed E-state index contributed by atoms with van der Waals surface area (Å²) in [6.45, 7) is 6.70. The van der Waals surface area contributed by atoms with E-state index in [1.54, 1.807) is 12.5 Å². The Hall–Kier alpha value is -3.79. The summed E-state index contributed by atoms with van der Waals surface area (Å²) in [5.41, 5.74) is 12.3. The fourth-order valence-corrected chi connectivity index (χ4v) is 6.96. The molecule has 2 aliphatic rings. The van der Waals surface area contributed by atoms with Crippen molar-refractivity contribution >= 4 is 51.0 Å². The van der Waals surface area contributed by atoms with Crippen molar-refractivity contribution in [3.05, 3.63) is 65.7 Å². The molecule has 0 atom stereocenters. The number of fused-ring (bicyclic) bond motifs is 2. The van der Waals surface area contributed by atoms with Crippen LogP contribution < -0.4 is 11.1 Å². The van der Waals surface area contributed by atoms with E-state index in [-0.39, 0.29) is 0 Å². The van der Waals surface area contributed by atoms with Gasteiger partial charge in [-0.05, 0) is 75.0 Å². The van der Waals surface area contributed by atoms with Crippen LogP contribution in [-0.2, 0) is 0 Å². The average Bonchev–Trinajstić information content (AvgIpc) is 3.39. The SMILES string of the molecule is Cc1cc(Cl)c2cnc(Nc3ccc(-c4cn(C5CCC(N6CCN(C)CC6)CC5)c5ncnc(N)c45)cc3)nc2c1. The summed E-state index contributed by atoms with van der Waals surface area (Å²) in [6.07, 6.45) is 10.3. The number of aryl methyl sites for hydroxylation is 1. The molecule has 1 aliphatic carbocycles. The smallest absolute Gasteiger partial charge is 0.227 e. The summed E-state index contributed by atoms with van der Waals surface area (Å²) >= 11 is 6.37. The van der Waals surface area contributed by atoms with Crippen LogP contribution in [0.15, 0.2) is 55.1 Å². The number of halogens is 1. The summed E-state index contributed by atoms with van der Waals surface area (Å²) in [4.78, 5) is 23.3. The Morgan fingerprint density at radius 2 is 1.67 bits per heavy atom. The second kappa shape index (κ2) is 11.1. The predicted molar refractivity (Wildman–Crippen MR) is 170 cm³/mol. The molecule has 42 heavy (non-hydrogen) atoms. The molecule has 0 bridgehead atoms. The Morgan fingerprint density at radius 1 is 0.929 bits per heavy atom. The quantitative estimate of drug-likeness (QED) is 0.258. The lowest BCUT2D eigenvalue weighted by atomic mass is 9.89. The zero-order chi connectivity index (χ0) is 28.8. The first-order chi connectivity index (χ1) is 20.4. The van der Waals surface area contributed by atoms with E-state index in [0.29, 0.717) is 28.9 Å². The summed E-state index contributed by atoms with van der Waals surface area (Å²) in [5.74, 6) is 1.04. The maximum absolute atomic E-state index is 6.45. The minimum Gasteiger partial charge on any atom is -0.383 e. The number of nitrogens with one attached hydrogen (secondary N) is 1. The van der Waals surface area contributed by atoms with E-state index in [4.69, 9.17) is 22.3 Å². The number of nitrogens with zero attached hydrogens (tertiary/aromatic N) is 7. The molecule has 2 fully saturated rings. The van der Waals surface area contributed by atoms with Crippen LogP contribution in [0.4, 0.5) is 17.5 Å². The molecule has 2 aromatic carbocycles. The molecule has 1 saturated carbocycles. The van der Waals surface area contributed by atoms with E-state index in [9.17, 15) is 0 Å². The fourth-order valence-electron chi connectivity index (χ4n) is 6.64. The third-order valence-corrected chi connectivity index (χ3v) is 9.31. The maximum Gasteiger partial charge on any atom is 0.227 e. The number of hydrogen-bond donors (Lipinski definition) is 2. The first-order valence-corrected chi connectivity index (χ1v) is 15.1. The van der Waals surface area contributed by atoms with Crippen molar-refractivity contribution in [2.75, 3.05) is 44.3 Å². The molecule has 4 heterocycles. The summed E-state index contributed by atoms with van der Waals surface area (Å²) in [6, 6.07) is 13.3. The lowest BCUT2D eigenvalue weighted by Gasteiger charge is -2.41. The first kappa shape index (κ1) is 27.1. The molecule has 7 rings (SSSR count). The third-order valence-electron chi connectivity index (χ3n) is 9.00. The number of piperazine rings is 1. The second-order valence-corrected chi connectivity index (χ2v) is 12.2. The number of benzene rings is 2. The molecular formula is C32H36ClN9. The van der Waals surface area contributed by atoms with Gasteiger partial charge >= 0.3 is 0 Å². The number of rotatable bonds is 5. The average molecular weight is 582 g/mol. The van der Waals surface area contributed by atoms with Gasteiger partial charge in [-0.15, -0.1) is 0 Å². The third kappa shape index (κ3) is 5.17. The fraction of sp³-hybridized carbons (Fsp3) is 0.375. The van der Waals surface area contributed by atoms with E-state index < -0.39 is 0 Å². The van der Waals surface area contributed by atoms with Crippen LogP contribution in [0.1, 0.15) is 37.3 Å². The van der Waals surface area contributed by atoms with Crippen LogP contribution in [0.3, 0.4) is 0 Å². The van der Waals surface area contributed by atoms with Crippen molar-refractivity contribution < 1.29 is 0 Å². The highest BCUT2D eigenvalue weighted by atomic mass is 35.5. The molecule has 216 valence electrons. The van der Waals surface area contributed by atoms with Crippen molar-refractivity contribution in [3.63, 3.8) is 0 Å². The number of hydrogen-bond acceptors (Lipinski definition) is 8. The van der Waals surface area contributed by atoms with Crippen molar-refractivity contribution in [3.8, 4) is 11.1 Å². The standard InChI is InChI=1S/C32H36ClN9/c1-20-15-27(33)25-17-35-32(39-28(25)16-20)38-22-5-3-21(4-6-22)26-18-42(31-29(26)30(34)36-19-37-31)24-9-7-23(8-10-24)41-13-11-40(2)12-14-41/h3-6,15-19,23-24H,7-14H2,1-2H3,(H2,34,36,37)(H,35,38,39). The molecule has 0 spiro atoms. The molecule has 5 aromatic rings. The largest absolute Gasteiger partial charge is 0.383 e. The Labute approximate surface area is 250 Å². The van der Waals surface area contributed by atoms with Crippen molar-refractivity contribution in [1.29, 1.82) is 0 Å². The van der Waals surface area contributed by atoms with E-state index in [2.05, 4.69) is 60.0 Å². The minimum atomic E-state index is 0.405. The van der Waals surface area contributed by atoms with Crippen LogP contribution in [0, 0.1) is 6.92 Å². The highest BCUT2D eigenvalue weighted by Gasteiger charge is 2.30. The van der Waals surface area contributed by atoms with Crippen LogP contribution in [-0.4, -0.2) is 73.6 Å². The van der Waals surface area contributed by atoms with Crippen molar-refractivity contribution in [1.82, 2.24) is 34.3 Å². The van der Waals surface area contributed by atoms with Gasteiger partial charge in [-0.3, -0.25) is 4.90 Å². The van der Waals surface area contributed by atoms with Gasteiger partial charge in [0.1, 0.15) is 17.8 Å². The van der Waals surface area contributed by atoms with E-state index >= 15 is 0 Å². The molecule has 10 heteroatoms. The number of aromatic nitrogens is 5. The zero-order valence-corrected chi connectivity index (χ0v) is 24.8. The lowest BCUT2D eigenvalue weighted by Crippen LogP contribution is -2.49. The Bertz CT molecular complexity index is 1730. The highest BCUT2D eigenvalue weighted by Crippen LogP contribution is 2.39. The minimum absolute atomic E-state index is 0.405. The molecule has 0 radical (unpaired) electrons. The van der Waals surface area contributed by atoms with Crippen LogP contribution >= 0.6 is 11.6 Å². The molecular weight excluding hydrogens is 546 g/mol. The van der Waals surface area contributed by atoms with E-state index in [0.717, 1.165) is 57.2 Å². The van der Waals surface area contributed by atoms with Crippen LogP contribution in [0.5, 0.6) is 0 Å². The molecule has 3 N–H and O–H groups in total. The molecule has 0 amide bonds. The lowest BCUT2D eigenvalue weighted by molar-refractivity contribution is 0.0828. The number of likely N-dealkylation sites (N-methyl/N-ethyl adjacent to an activating group) is 1. The summed E-state index contributed by atoms with van der Waals surface area (Å²) < 4.78 is 2.35. The second-order valence-electron chi connectivity index (χ2n) is 11.8. The van der Waals surface area contributed by atoms with Gasteiger partial charge in [0.25, 0.3) is 0 Å². The van der Waals surface area contributed by atoms with Gasteiger partial charge in [-0.25, -0.2) is 19.9 Å². The van der Waals surface area contributed by atoms with Gasteiger partial charge in [-0.1, -0.05) is 23.7 Å². The van der Waals surface area contributed by atoms with Gasteiger partial charge in [0.05, 0.1) is 15.9 Å². The van der Waals surface area contributed by atoms with E-state index in [1.807, 2.05) is 31.2 Å². The zero-order valence-electron chi connectivity index (χ0n) is 24.1. The Balaban J connectivity index is 1.12. The topological polar surface area (TPSA) is 101 Å². The van der Waals surface area contributed by atoms with Gasteiger partial charge in [0, 0.05) is 67.3 Å². The number of anilines is 3. The van der Waals surface area contributed by atoms with Crippen LogP contribution in [0.2, 0.25) is 5.02 Å². The molecule has 1 aliphatic heterocycles. The van der Waals surface area contributed by atoms with Gasteiger partial charge in [0.2, 0.25) is 5.95 Å². The van der Waals surface area contributed by atoms with Crippen LogP contribution in [0.25, 0.3) is 33.1 Å². The number of nitrogens with two attached hydrogens (primary N) is 1. The maximum atomic E-state index is 6.45. The van der Waals surface area contributed by atoms with E-state index in [1.165, 1.54) is 39.0 Å². The summed E-state index contributed by atoms with van der Waals surface area (Å²) in [7, 11) is 2.22.